The first kappa shape index (κ1) is 13.4. The van der Waals surface area contributed by atoms with E-state index in [1.54, 1.807) is 12.1 Å². The molecule has 1 aromatic rings. The molecule has 1 aliphatic rings. The summed E-state index contributed by atoms with van der Waals surface area (Å²) >= 11 is 1.89. The normalized spacial score (nSPS) is 16.1. The lowest BCUT2D eigenvalue weighted by atomic mass is 10.0. The van der Waals surface area contributed by atoms with Crippen LogP contribution in [0.5, 0.6) is 0 Å². The summed E-state index contributed by atoms with van der Waals surface area (Å²) in [6, 6.07) is 5.19. The summed E-state index contributed by atoms with van der Waals surface area (Å²) in [5.74, 6) is 2.07. The van der Waals surface area contributed by atoms with Gasteiger partial charge in [-0.2, -0.15) is 11.8 Å². The third-order valence-corrected chi connectivity index (χ3v) is 4.09. The monoisotopic (exact) mass is 269 g/mol. The smallest absolute Gasteiger partial charge is 0.264 e. The highest BCUT2D eigenvalue weighted by atomic mass is 32.2. The fourth-order valence-electron chi connectivity index (χ4n) is 2.13. The van der Waals surface area contributed by atoms with Crippen molar-refractivity contribution in [3.63, 3.8) is 0 Å². The van der Waals surface area contributed by atoms with Crippen molar-refractivity contribution in [1.82, 2.24) is 4.90 Å². The lowest BCUT2D eigenvalue weighted by molar-refractivity contribution is 0.150. The van der Waals surface area contributed by atoms with Gasteiger partial charge in [0.1, 0.15) is 0 Å². The van der Waals surface area contributed by atoms with Crippen molar-refractivity contribution in [3.05, 3.63) is 41.5 Å². The summed E-state index contributed by atoms with van der Waals surface area (Å²) < 4.78 is 26.1. The molecule has 0 spiro atoms. The number of hydrogen-bond donors (Lipinski definition) is 0. The summed E-state index contributed by atoms with van der Waals surface area (Å²) in [5, 5.41) is 0. The second kappa shape index (κ2) is 5.74. The van der Waals surface area contributed by atoms with Crippen LogP contribution in [-0.2, 0) is 0 Å². The molecule has 0 aromatic heterocycles. The number of nitrogens with zero attached hydrogens (tertiary/aromatic N) is 1. The molecule has 1 aliphatic heterocycles. The fraction of sp³-hybridized carbons (Fsp3) is 0.429. The molecule has 0 saturated carbocycles. The van der Waals surface area contributed by atoms with Crippen LogP contribution in [-0.4, -0.2) is 29.5 Å². The molecule has 0 atom stereocenters. The van der Waals surface area contributed by atoms with Gasteiger partial charge in [-0.25, -0.2) is 8.78 Å². The van der Waals surface area contributed by atoms with Gasteiger partial charge >= 0.3 is 0 Å². The molecule has 18 heavy (non-hydrogen) atoms. The first-order valence-corrected chi connectivity index (χ1v) is 7.15. The Balaban J connectivity index is 2.28. The number of thioether (sulfide) groups is 1. The van der Waals surface area contributed by atoms with Crippen LogP contribution in [0.15, 0.2) is 24.8 Å². The highest BCUT2D eigenvalue weighted by Crippen LogP contribution is 2.31. The van der Waals surface area contributed by atoms with Crippen LogP contribution >= 0.6 is 11.8 Å². The van der Waals surface area contributed by atoms with Crippen molar-refractivity contribution >= 4 is 17.5 Å². The Morgan fingerprint density at radius 1 is 1.33 bits per heavy atom. The van der Waals surface area contributed by atoms with Crippen LogP contribution in [0.3, 0.4) is 0 Å². The SMILES string of the molecule is C=C(c1ccc(C)cc1C(F)F)N1CCSCC1. The zero-order valence-electron chi connectivity index (χ0n) is 10.5. The highest BCUT2D eigenvalue weighted by molar-refractivity contribution is 7.99. The van der Waals surface area contributed by atoms with Gasteiger partial charge in [-0.15, -0.1) is 0 Å². The van der Waals surface area contributed by atoms with Crippen molar-refractivity contribution in [2.75, 3.05) is 24.6 Å². The standard InChI is InChI=1S/C14H17F2NS/c1-10-3-4-12(13(9-10)14(15)16)11(2)17-5-7-18-8-6-17/h3-4,9,14H,2,5-8H2,1H3. The summed E-state index contributed by atoms with van der Waals surface area (Å²) in [4.78, 5) is 2.10. The molecule has 0 unspecified atom stereocenters. The molecular formula is C14H17F2NS. The van der Waals surface area contributed by atoms with Gasteiger partial charge in [0.15, 0.2) is 0 Å². The minimum absolute atomic E-state index is 0.0956. The van der Waals surface area contributed by atoms with E-state index in [4.69, 9.17) is 0 Å². The van der Waals surface area contributed by atoms with E-state index in [9.17, 15) is 8.78 Å². The molecular weight excluding hydrogens is 252 g/mol. The number of aryl methyl sites for hydroxylation is 1. The highest BCUT2D eigenvalue weighted by Gasteiger charge is 2.19. The predicted molar refractivity (Wildman–Crippen MR) is 74.1 cm³/mol. The molecule has 4 heteroatoms. The molecule has 0 aliphatic carbocycles. The third-order valence-electron chi connectivity index (χ3n) is 3.15. The zero-order valence-corrected chi connectivity index (χ0v) is 11.3. The molecule has 2 rings (SSSR count). The molecule has 1 fully saturated rings. The minimum atomic E-state index is -2.45. The number of rotatable bonds is 3. The lowest BCUT2D eigenvalue weighted by Crippen LogP contribution is -2.31. The average molecular weight is 269 g/mol. The molecule has 98 valence electrons. The first-order chi connectivity index (χ1) is 8.59. The third kappa shape index (κ3) is 2.86. The molecule has 1 nitrogen and oxygen atoms in total. The van der Waals surface area contributed by atoms with E-state index in [2.05, 4.69) is 11.5 Å². The average Bonchev–Trinajstić information content (AvgIpc) is 2.39. The summed E-state index contributed by atoms with van der Waals surface area (Å²) in [6.45, 7) is 7.61. The minimum Gasteiger partial charge on any atom is -0.370 e. The molecule has 0 N–H and O–H groups in total. The Morgan fingerprint density at radius 3 is 2.61 bits per heavy atom. The second-order valence-electron chi connectivity index (χ2n) is 4.44. The van der Waals surface area contributed by atoms with Crippen molar-refractivity contribution < 1.29 is 8.78 Å². The van der Waals surface area contributed by atoms with Crippen LogP contribution in [0, 0.1) is 6.92 Å². The summed E-state index contributed by atoms with van der Waals surface area (Å²) in [7, 11) is 0. The number of alkyl halides is 2. The van der Waals surface area contributed by atoms with Gasteiger partial charge in [0, 0.05) is 41.4 Å². The van der Waals surface area contributed by atoms with Crippen molar-refractivity contribution in [2.24, 2.45) is 0 Å². The first-order valence-electron chi connectivity index (χ1n) is 6.00. The van der Waals surface area contributed by atoms with Crippen LogP contribution in [0.4, 0.5) is 8.78 Å². The Labute approximate surface area is 111 Å². The topological polar surface area (TPSA) is 3.24 Å². The van der Waals surface area contributed by atoms with E-state index in [-0.39, 0.29) is 5.56 Å². The van der Waals surface area contributed by atoms with Gasteiger partial charge in [0.2, 0.25) is 0 Å². The van der Waals surface area contributed by atoms with E-state index in [1.165, 1.54) is 0 Å². The van der Waals surface area contributed by atoms with Crippen LogP contribution < -0.4 is 0 Å². The molecule has 1 saturated heterocycles. The maximum Gasteiger partial charge on any atom is 0.264 e. The molecule has 0 amide bonds. The number of halogens is 2. The molecule has 0 radical (unpaired) electrons. The van der Waals surface area contributed by atoms with Gasteiger partial charge < -0.3 is 4.90 Å². The lowest BCUT2D eigenvalue weighted by Gasteiger charge is -2.31. The zero-order chi connectivity index (χ0) is 13.1. The van der Waals surface area contributed by atoms with Gasteiger partial charge in [-0.3, -0.25) is 0 Å². The quantitative estimate of drug-likeness (QED) is 0.817. The van der Waals surface area contributed by atoms with Crippen LogP contribution in [0.1, 0.15) is 23.1 Å². The molecule has 0 bridgehead atoms. The van der Waals surface area contributed by atoms with Crippen molar-refractivity contribution in [3.8, 4) is 0 Å². The van der Waals surface area contributed by atoms with E-state index < -0.39 is 6.43 Å². The maximum atomic E-state index is 13.1. The number of hydrogen-bond acceptors (Lipinski definition) is 2. The van der Waals surface area contributed by atoms with Gasteiger partial charge in [0.25, 0.3) is 6.43 Å². The van der Waals surface area contributed by atoms with E-state index >= 15 is 0 Å². The second-order valence-corrected chi connectivity index (χ2v) is 5.66. The van der Waals surface area contributed by atoms with Gasteiger partial charge in [-0.1, -0.05) is 24.3 Å². The molecule has 1 heterocycles. The van der Waals surface area contributed by atoms with E-state index in [1.807, 2.05) is 24.8 Å². The molecule has 1 aromatic carbocycles. The predicted octanol–water partition coefficient (Wildman–Crippen LogP) is 3.95. The van der Waals surface area contributed by atoms with Gasteiger partial charge in [0.05, 0.1) is 0 Å². The van der Waals surface area contributed by atoms with E-state index in [0.29, 0.717) is 5.56 Å². The van der Waals surface area contributed by atoms with Crippen molar-refractivity contribution in [1.29, 1.82) is 0 Å². The summed E-state index contributed by atoms with van der Waals surface area (Å²) in [5.41, 5.74) is 2.27. The summed E-state index contributed by atoms with van der Waals surface area (Å²) in [6.07, 6.45) is -2.45. The van der Waals surface area contributed by atoms with Crippen LogP contribution in [0.2, 0.25) is 0 Å². The van der Waals surface area contributed by atoms with Crippen LogP contribution in [0.25, 0.3) is 5.70 Å². The Hall–Kier alpha value is -1.03. The Kier molecular flexibility index (Phi) is 4.27. The Morgan fingerprint density at radius 2 is 2.00 bits per heavy atom. The fourth-order valence-corrected chi connectivity index (χ4v) is 3.03. The van der Waals surface area contributed by atoms with Crippen molar-refractivity contribution in [2.45, 2.75) is 13.3 Å². The maximum absolute atomic E-state index is 13.1. The Bertz CT molecular complexity index is 439. The van der Waals surface area contributed by atoms with E-state index in [0.717, 1.165) is 35.9 Å². The number of benzene rings is 1. The largest absolute Gasteiger partial charge is 0.370 e. The van der Waals surface area contributed by atoms with Gasteiger partial charge in [-0.05, 0) is 13.0 Å².